The topological polar surface area (TPSA) is 55.8 Å². The standard InChI is InChI=1S/C20H27NO4S/c1-24-15-9-7-14(8-10-15)12-21-17-13-26-18(16(17)11-19(21)22)5-3-4-6-20(23)25-2/h7-10,16-18H,3-6,11-13H2,1-2H3. The predicted molar refractivity (Wildman–Crippen MR) is 102 cm³/mol. The van der Waals surface area contributed by atoms with E-state index in [0.717, 1.165) is 36.3 Å². The van der Waals surface area contributed by atoms with Crippen molar-refractivity contribution in [2.24, 2.45) is 5.92 Å². The number of hydrogen-bond donors (Lipinski definition) is 0. The first-order valence-corrected chi connectivity index (χ1v) is 10.3. The summed E-state index contributed by atoms with van der Waals surface area (Å²) < 4.78 is 9.89. The third-order valence-corrected chi connectivity index (χ3v) is 6.99. The highest BCUT2D eigenvalue weighted by Gasteiger charge is 2.47. The van der Waals surface area contributed by atoms with Crippen LogP contribution in [0.5, 0.6) is 5.75 Å². The molecule has 26 heavy (non-hydrogen) atoms. The van der Waals surface area contributed by atoms with E-state index in [9.17, 15) is 9.59 Å². The fourth-order valence-electron chi connectivity index (χ4n) is 3.96. The predicted octanol–water partition coefficient (Wildman–Crippen LogP) is 3.26. The number of methoxy groups -OCH3 is 2. The van der Waals surface area contributed by atoms with Gasteiger partial charge in [0, 0.05) is 42.3 Å². The van der Waals surface area contributed by atoms with Gasteiger partial charge in [-0.3, -0.25) is 9.59 Å². The number of carbonyl (C=O) groups is 2. The summed E-state index contributed by atoms with van der Waals surface area (Å²) in [5, 5.41) is 0.530. The molecular weight excluding hydrogens is 350 g/mol. The second-order valence-corrected chi connectivity index (χ2v) is 8.27. The van der Waals surface area contributed by atoms with Crippen LogP contribution in [0, 0.1) is 5.92 Å². The average Bonchev–Trinajstić information content (AvgIpc) is 3.19. The van der Waals surface area contributed by atoms with Gasteiger partial charge in [-0.05, 0) is 30.5 Å². The second-order valence-electron chi connectivity index (χ2n) is 7.00. The molecule has 5 nitrogen and oxygen atoms in total. The Balaban J connectivity index is 1.52. The number of thioether (sulfide) groups is 1. The van der Waals surface area contributed by atoms with Gasteiger partial charge < -0.3 is 14.4 Å². The van der Waals surface area contributed by atoms with E-state index in [1.54, 1.807) is 7.11 Å². The van der Waals surface area contributed by atoms with Crippen molar-refractivity contribution in [1.29, 1.82) is 0 Å². The Morgan fingerprint density at radius 3 is 2.69 bits per heavy atom. The number of fused-ring (bicyclic) bond motifs is 1. The SMILES string of the molecule is COC(=O)CCCCC1SCC2C1CC(=O)N2Cc1ccc(OC)cc1. The molecule has 2 aliphatic rings. The smallest absolute Gasteiger partial charge is 0.305 e. The fourth-order valence-corrected chi connectivity index (χ4v) is 5.69. The summed E-state index contributed by atoms with van der Waals surface area (Å²) in [6.45, 7) is 0.680. The minimum Gasteiger partial charge on any atom is -0.497 e. The Morgan fingerprint density at radius 1 is 1.23 bits per heavy atom. The summed E-state index contributed by atoms with van der Waals surface area (Å²) in [4.78, 5) is 25.8. The zero-order valence-corrected chi connectivity index (χ0v) is 16.3. The number of amides is 1. The van der Waals surface area contributed by atoms with Crippen molar-refractivity contribution >= 4 is 23.6 Å². The molecule has 0 aliphatic carbocycles. The van der Waals surface area contributed by atoms with Crippen molar-refractivity contribution in [3.63, 3.8) is 0 Å². The number of hydrogen-bond acceptors (Lipinski definition) is 5. The van der Waals surface area contributed by atoms with Gasteiger partial charge >= 0.3 is 5.97 Å². The molecule has 0 bridgehead atoms. The van der Waals surface area contributed by atoms with Gasteiger partial charge in [0.1, 0.15) is 5.75 Å². The zero-order valence-electron chi connectivity index (χ0n) is 15.5. The van der Waals surface area contributed by atoms with E-state index in [0.29, 0.717) is 36.6 Å². The maximum Gasteiger partial charge on any atom is 0.305 e. The Bertz CT molecular complexity index is 633. The quantitative estimate of drug-likeness (QED) is 0.514. The molecule has 3 unspecified atom stereocenters. The third-order valence-electron chi connectivity index (χ3n) is 5.44. The first kappa shape index (κ1) is 19.1. The van der Waals surface area contributed by atoms with Crippen LogP contribution in [-0.4, -0.2) is 48.0 Å². The van der Waals surface area contributed by atoms with Gasteiger partial charge in [-0.1, -0.05) is 18.6 Å². The molecule has 3 atom stereocenters. The maximum absolute atomic E-state index is 12.5. The van der Waals surface area contributed by atoms with Crippen molar-refractivity contribution in [3.05, 3.63) is 29.8 Å². The highest BCUT2D eigenvalue weighted by molar-refractivity contribution is 8.00. The molecule has 0 saturated carbocycles. The highest BCUT2D eigenvalue weighted by Crippen LogP contribution is 2.45. The van der Waals surface area contributed by atoms with E-state index in [4.69, 9.17) is 4.74 Å². The molecule has 0 spiro atoms. The molecule has 3 rings (SSSR count). The number of nitrogens with zero attached hydrogens (tertiary/aromatic N) is 1. The van der Waals surface area contributed by atoms with Gasteiger partial charge in [0.25, 0.3) is 0 Å². The van der Waals surface area contributed by atoms with Gasteiger partial charge in [0.05, 0.1) is 14.2 Å². The largest absolute Gasteiger partial charge is 0.497 e. The lowest BCUT2D eigenvalue weighted by molar-refractivity contribution is -0.140. The van der Waals surface area contributed by atoms with Gasteiger partial charge in [-0.2, -0.15) is 11.8 Å². The average molecular weight is 378 g/mol. The Kier molecular flexibility index (Phi) is 6.46. The number of unbranched alkanes of at least 4 members (excludes halogenated alkanes) is 1. The van der Waals surface area contributed by atoms with Crippen LogP contribution in [0.1, 0.15) is 37.7 Å². The first-order valence-electron chi connectivity index (χ1n) is 9.23. The zero-order chi connectivity index (χ0) is 18.5. The van der Waals surface area contributed by atoms with Crippen LogP contribution in [0.25, 0.3) is 0 Å². The summed E-state index contributed by atoms with van der Waals surface area (Å²) in [7, 11) is 3.09. The Labute approximate surface area is 159 Å². The molecule has 1 aromatic rings. The molecule has 0 aromatic heterocycles. The van der Waals surface area contributed by atoms with Gasteiger partial charge in [-0.25, -0.2) is 0 Å². The molecule has 1 amide bonds. The number of likely N-dealkylation sites (tertiary alicyclic amines) is 1. The van der Waals surface area contributed by atoms with Crippen LogP contribution in [0.3, 0.4) is 0 Å². The lowest BCUT2D eigenvalue weighted by atomic mass is 9.94. The Hall–Kier alpha value is -1.69. The number of rotatable bonds is 8. The lowest BCUT2D eigenvalue weighted by Gasteiger charge is -2.24. The monoisotopic (exact) mass is 377 g/mol. The Morgan fingerprint density at radius 2 is 2.00 bits per heavy atom. The summed E-state index contributed by atoms with van der Waals surface area (Å²) in [6.07, 6.45) is 4.11. The highest BCUT2D eigenvalue weighted by atomic mass is 32.2. The van der Waals surface area contributed by atoms with Gasteiger partial charge in [0.15, 0.2) is 0 Å². The molecular formula is C20H27NO4S. The van der Waals surface area contributed by atoms with Crippen LogP contribution in [-0.2, 0) is 20.9 Å². The van der Waals surface area contributed by atoms with Crippen LogP contribution in [0.2, 0.25) is 0 Å². The second kappa shape index (κ2) is 8.80. The molecule has 0 radical (unpaired) electrons. The normalized spacial score (nSPS) is 24.6. The first-order chi connectivity index (χ1) is 12.6. The molecule has 142 valence electrons. The molecule has 2 saturated heterocycles. The van der Waals surface area contributed by atoms with E-state index in [-0.39, 0.29) is 11.9 Å². The lowest BCUT2D eigenvalue weighted by Crippen LogP contribution is -2.35. The molecule has 1 aromatic carbocycles. The van der Waals surface area contributed by atoms with E-state index in [1.807, 2.05) is 36.0 Å². The van der Waals surface area contributed by atoms with E-state index in [1.165, 1.54) is 7.11 Å². The third kappa shape index (κ3) is 4.34. The van der Waals surface area contributed by atoms with Crippen LogP contribution in [0.15, 0.2) is 24.3 Å². The van der Waals surface area contributed by atoms with Crippen LogP contribution >= 0.6 is 11.8 Å². The summed E-state index contributed by atoms with van der Waals surface area (Å²) in [6, 6.07) is 8.31. The number of ether oxygens (including phenoxy) is 2. The molecule has 2 aliphatic heterocycles. The van der Waals surface area contributed by atoms with E-state index < -0.39 is 0 Å². The minimum atomic E-state index is -0.135. The van der Waals surface area contributed by atoms with Crippen molar-refractivity contribution in [2.75, 3.05) is 20.0 Å². The molecule has 0 N–H and O–H groups in total. The summed E-state index contributed by atoms with van der Waals surface area (Å²) in [5.41, 5.74) is 1.14. The molecule has 2 heterocycles. The van der Waals surface area contributed by atoms with Crippen molar-refractivity contribution in [3.8, 4) is 5.75 Å². The van der Waals surface area contributed by atoms with Gasteiger partial charge in [-0.15, -0.1) is 0 Å². The van der Waals surface area contributed by atoms with Gasteiger partial charge in [0.2, 0.25) is 5.91 Å². The fraction of sp³-hybridized carbons (Fsp3) is 0.600. The van der Waals surface area contributed by atoms with Crippen molar-refractivity contribution in [1.82, 2.24) is 4.90 Å². The summed E-state index contributed by atoms with van der Waals surface area (Å²) >= 11 is 1.99. The molecule has 2 fully saturated rings. The molecule has 6 heteroatoms. The number of esters is 1. The minimum absolute atomic E-state index is 0.135. The number of carbonyl (C=O) groups excluding carboxylic acids is 2. The van der Waals surface area contributed by atoms with Crippen molar-refractivity contribution in [2.45, 2.75) is 49.9 Å². The maximum atomic E-state index is 12.5. The summed E-state index contributed by atoms with van der Waals surface area (Å²) in [5.74, 6) is 2.44. The van der Waals surface area contributed by atoms with Crippen molar-refractivity contribution < 1.29 is 19.1 Å². The van der Waals surface area contributed by atoms with E-state index >= 15 is 0 Å². The number of benzene rings is 1. The van der Waals surface area contributed by atoms with Crippen LogP contribution < -0.4 is 4.74 Å². The van der Waals surface area contributed by atoms with E-state index in [2.05, 4.69) is 9.64 Å². The van der Waals surface area contributed by atoms with Crippen LogP contribution in [0.4, 0.5) is 0 Å².